The lowest BCUT2D eigenvalue weighted by Gasteiger charge is -2.30. The Morgan fingerprint density at radius 1 is 1.33 bits per heavy atom. The van der Waals surface area contributed by atoms with Crippen LogP contribution in [0.4, 0.5) is 0 Å². The summed E-state index contributed by atoms with van der Waals surface area (Å²) < 4.78 is 5.42. The van der Waals surface area contributed by atoms with E-state index in [0.29, 0.717) is 11.9 Å². The van der Waals surface area contributed by atoms with E-state index in [4.69, 9.17) is 4.42 Å². The number of aromatic nitrogens is 3. The highest BCUT2D eigenvalue weighted by molar-refractivity contribution is 7.11. The van der Waals surface area contributed by atoms with Crippen molar-refractivity contribution in [2.24, 2.45) is 0 Å². The van der Waals surface area contributed by atoms with Gasteiger partial charge in [-0.1, -0.05) is 0 Å². The van der Waals surface area contributed by atoms with Crippen LogP contribution in [0.15, 0.2) is 4.42 Å². The molecule has 0 fully saturated rings. The van der Waals surface area contributed by atoms with Crippen molar-refractivity contribution in [3.63, 3.8) is 0 Å². The number of nitrogens with zero attached hydrogens (tertiary/aromatic N) is 4. The van der Waals surface area contributed by atoms with Gasteiger partial charge in [0.25, 0.3) is 0 Å². The van der Waals surface area contributed by atoms with Gasteiger partial charge in [0.1, 0.15) is 0 Å². The molecule has 2 aromatic heterocycles. The average molecular weight is 306 g/mol. The molecule has 0 saturated heterocycles. The molecule has 1 aliphatic rings. The molecule has 1 unspecified atom stereocenters. The first kappa shape index (κ1) is 14.7. The van der Waals surface area contributed by atoms with Crippen LogP contribution in [0.2, 0.25) is 0 Å². The molecule has 0 aromatic carbocycles. The topological polar surface area (TPSA) is 55.1 Å². The number of fused-ring (bicyclic) bond motifs is 1. The predicted molar refractivity (Wildman–Crippen MR) is 82.5 cm³/mol. The highest BCUT2D eigenvalue weighted by Gasteiger charge is 2.26. The lowest BCUT2D eigenvalue weighted by atomic mass is 9.97. The van der Waals surface area contributed by atoms with Crippen LogP contribution < -0.4 is 0 Å². The molecule has 6 heteroatoms. The molecule has 2 aromatic rings. The largest absolute Gasteiger partial charge is 0.426 e. The van der Waals surface area contributed by atoms with Crippen molar-refractivity contribution in [3.8, 4) is 0 Å². The van der Waals surface area contributed by atoms with Crippen molar-refractivity contribution in [1.29, 1.82) is 0 Å². The molecule has 0 radical (unpaired) electrons. The second kappa shape index (κ2) is 6.23. The van der Waals surface area contributed by atoms with Gasteiger partial charge in [-0.15, -0.1) is 21.5 Å². The molecule has 3 rings (SSSR count). The minimum absolute atomic E-state index is 0.532. The Morgan fingerprint density at radius 3 is 2.95 bits per heavy atom. The Labute approximate surface area is 129 Å². The van der Waals surface area contributed by atoms with Gasteiger partial charge in [-0.3, -0.25) is 4.90 Å². The SMILES string of the molecule is Cc1nnc(CCCN(C)C2CCCc3nc(C)sc32)o1. The first-order valence-electron chi connectivity index (χ1n) is 7.59. The Balaban J connectivity index is 1.57. The van der Waals surface area contributed by atoms with Crippen LogP contribution in [-0.4, -0.2) is 33.7 Å². The number of rotatable bonds is 5. The van der Waals surface area contributed by atoms with Gasteiger partial charge < -0.3 is 4.42 Å². The molecule has 114 valence electrons. The molecule has 0 aliphatic heterocycles. The zero-order valence-electron chi connectivity index (χ0n) is 12.9. The lowest BCUT2D eigenvalue weighted by molar-refractivity contribution is 0.220. The van der Waals surface area contributed by atoms with Crippen LogP contribution in [0.5, 0.6) is 0 Å². The van der Waals surface area contributed by atoms with Crippen LogP contribution in [-0.2, 0) is 12.8 Å². The van der Waals surface area contributed by atoms with Crippen molar-refractivity contribution in [1.82, 2.24) is 20.1 Å². The van der Waals surface area contributed by atoms with E-state index in [1.165, 1.54) is 28.4 Å². The maximum Gasteiger partial charge on any atom is 0.216 e. The fraction of sp³-hybridized carbons (Fsp3) is 0.667. The highest BCUT2D eigenvalue weighted by atomic mass is 32.1. The minimum atomic E-state index is 0.532. The van der Waals surface area contributed by atoms with Crippen molar-refractivity contribution in [2.45, 2.75) is 52.0 Å². The van der Waals surface area contributed by atoms with Gasteiger partial charge >= 0.3 is 0 Å². The summed E-state index contributed by atoms with van der Waals surface area (Å²) in [6.07, 6.45) is 5.53. The maximum absolute atomic E-state index is 5.42. The Morgan fingerprint density at radius 2 is 2.19 bits per heavy atom. The molecule has 0 saturated carbocycles. The summed E-state index contributed by atoms with van der Waals surface area (Å²) in [7, 11) is 2.22. The third-order valence-electron chi connectivity index (χ3n) is 4.03. The molecular weight excluding hydrogens is 284 g/mol. The maximum atomic E-state index is 5.42. The summed E-state index contributed by atoms with van der Waals surface area (Å²) in [5, 5.41) is 9.12. The van der Waals surface area contributed by atoms with E-state index in [9.17, 15) is 0 Å². The summed E-state index contributed by atoms with van der Waals surface area (Å²) in [5.41, 5.74) is 1.33. The average Bonchev–Trinajstić information content (AvgIpc) is 3.02. The third-order valence-corrected chi connectivity index (χ3v) is 5.14. The van der Waals surface area contributed by atoms with E-state index in [1.807, 2.05) is 18.3 Å². The van der Waals surface area contributed by atoms with Gasteiger partial charge in [-0.25, -0.2) is 4.98 Å². The molecule has 5 nitrogen and oxygen atoms in total. The zero-order chi connectivity index (χ0) is 14.8. The monoisotopic (exact) mass is 306 g/mol. The fourth-order valence-corrected chi connectivity index (χ4v) is 4.19. The Hall–Kier alpha value is -1.27. The van der Waals surface area contributed by atoms with Crippen LogP contribution in [0.3, 0.4) is 0 Å². The van der Waals surface area contributed by atoms with E-state index >= 15 is 0 Å². The number of thiazole rings is 1. The van der Waals surface area contributed by atoms with Gasteiger partial charge in [-0.05, 0) is 46.2 Å². The highest BCUT2D eigenvalue weighted by Crippen LogP contribution is 2.37. The van der Waals surface area contributed by atoms with E-state index in [-0.39, 0.29) is 0 Å². The first-order chi connectivity index (χ1) is 10.1. The molecular formula is C15H22N4OS. The van der Waals surface area contributed by atoms with E-state index in [2.05, 4.69) is 34.1 Å². The molecule has 0 spiro atoms. The van der Waals surface area contributed by atoms with Crippen molar-refractivity contribution in [3.05, 3.63) is 27.4 Å². The van der Waals surface area contributed by atoms with Gasteiger partial charge in [0.2, 0.25) is 11.8 Å². The normalized spacial score (nSPS) is 18.2. The zero-order valence-corrected chi connectivity index (χ0v) is 13.7. The van der Waals surface area contributed by atoms with E-state index in [1.54, 1.807) is 0 Å². The number of aryl methyl sites for hydroxylation is 4. The van der Waals surface area contributed by atoms with Crippen LogP contribution in [0.25, 0.3) is 0 Å². The molecule has 1 aliphatic carbocycles. The van der Waals surface area contributed by atoms with E-state index in [0.717, 1.165) is 31.7 Å². The quantitative estimate of drug-likeness (QED) is 0.849. The summed E-state index contributed by atoms with van der Waals surface area (Å²) in [5.74, 6) is 1.40. The second-order valence-electron chi connectivity index (χ2n) is 5.75. The van der Waals surface area contributed by atoms with E-state index < -0.39 is 0 Å². The molecule has 0 amide bonds. The standard InChI is InChI=1S/C15H22N4OS/c1-10-17-18-14(20-10)8-5-9-19(3)13-7-4-6-12-15(13)21-11(2)16-12/h13H,4-9H2,1-3H3. The minimum Gasteiger partial charge on any atom is -0.426 e. The Kier molecular flexibility index (Phi) is 4.35. The molecule has 2 heterocycles. The molecule has 1 atom stereocenters. The van der Waals surface area contributed by atoms with Crippen molar-refractivity contribution < 1.29 is 4.42 Å². The first-order valence-corrected chi connectivity index (χ1v) is 8.40. The predicted octanol–water partition coefficient (Wildman–Crippen LogP) is 3.08. The van der Waals surface area contributed by atoms with Crippen LogP contribution in [0.1, 0.15) is 52.7 Å². The molecule has 0 bridgehead atoms. The molecule has 21 heavy (non-hydrogen) atoms. The van der Waals surface area contributed by atoms with Crippen molar-refractivity contribution >= 4 is 11.3 Å². The summed E-state index contributed by atoms with van der Waals surface area (Å²) >= 11 is 1.87. The fourth-order valence-electron chi connectivity index (χ4n) is 3.01. The summed E-state index contributed by atoms with van der Waals surface area (Å²) in [6, 6.07) is 0.532. The van der Waals surface area contributed by atoms with Gasteiger partial charge in [0, 0.05) is 24.3 Å². The summed E-state index contributed by atoms with van der Waals surface area (Å²) in [6.45, 7) is 4.98. The van der Waals surface area contributed by atoms with Gasteiger partial charge in [0.15, 0.2) is 0 Å². The second-order valence-corrected chi connectivity index (χ2v) is 6.99. The summed E-state index contributed by atoms with van der Waals surface area (Å²) in [4.78, 5) is 8.61. The third kappa shape index (κ3) is 3.32. The Bertz CT molecular complexity index is 607. The van der Waals surface area contributed by atoms with Crippen molar-refractivity contribution in [2.75, 3.05) is 13.6 Å². The number of hydrogen-bond donors (Lipinski definition) is 0. The van der Waals surface area contributed by atoms with Crippen LogP contribution >= 0.6 is 11.3 Å². The van der Waals surface area contributed by atoms with Gasteiger partial charge in [0.05, 0.1) is 10.7 Å². The smallest absolute Gasteiger partial charge is 0.216 e. The lowest BCUT2D eigenvalue weighted by Crippen LogP contribution is -2.28. The van der Waals surface area contributed by atoms with Gasteiger partial charge in [-0.2, -0.15) is 0 Å². The number of hydrogen-bond acceptors (Lipinski definition) is 6. The van der Waals surface area contributed by atoms with Crippen LogP contribution in [0, 0.1) is 13.8 Å². The molecule has 0 N–H and O–H groups in total.